The zero-order chi connectivity index (χ0) is 19.0. The van der Waals surface area contributed by atoms with E-state index in [1.807, 2.05) is 44.2 Å². The maximum atomic E-state index is 12.7. The van der Waals surface area contributed by atoms with Crippen LogP contribution in [0.25, 0.3) is 11.0 Å². The fraction of sp³-hybridized carbons (Fsp3) is 0.150. The predicted molar refractivity (Wildman–Crippen MR) is 104 cm³/mol. The van der Waals surface area contributed by atoms with Gasteiger partial charge in [-0.2, -0.15) is 5.10 Å². The lowest BCUT2D eigenvalue weighted by atomic mass is 10.1. The first kappa shape index (κ1) is 17.3. The van der Waals surface area contributed by atoms with E-state index in [1.54, 1.807) is 17.2 Å². The fourth-order valence-corrected chi connectivity index (χ4v) is 3.29. The molecule has 0 atom stereocenters. The number of nitrogens with one attached hydrogen (secondary N) is 1. The Hall–Kier alpha value is -3.12. The zero-order valence-corrected chi connectivity index (χ0v) is 15.6. The lowest BCUT2D eigenvalue weighted by Gasteiger charge is -2.08. The highest BCUT2D eigenvalue weighted by Crippen LogP contribution is 2.29. The standard InChI is InChI=1S/C20H17ClN4O2/c1-12-3-5-15(6-4-12)23-20(26)16-9-22-19-17(18(16)21)13(2)24-25(19)10-14-7-8-27-11-14/h3-9,11H,10H2,1-2H3,(H,23,26). The van der Waals surface area contributed by atoms with Crippen molar-refractivity contribution in [2.24, 2.45) is 0 Å². The molecule has 0 radical (unpaired) electrons. The van der Waals surface area contributed by atoms with Crippen LogP contribution in [0.15, 0.2) is 53.5 Å². The molecule has 0 saturated carbocycles. The lowest BCUT2D eigenvalue weighted by Crippen LogP contribution is -2.13. The molecule has 0 aliphatic rings. The number of hydrogen-bond donors (Lipinski definition) is 1. The summed E-state index contributed by atoms with van der Waals surface area (Å²) in [5.74, 6) is -0.305. The Morgan fingerprint density at radius 2 is 2.00 bits per heavy atom. The van der Waals surface area contributed by atoms with Crippen molar-refractivity contribution in [3.05, 3.63) is 76.5 Å². The van der Waals surface area contributed by atoms with Crippen molar-refractivity contribution in [2.75, 3.05) is 5.32 Å². The van der Waals surface area contributed by atoms with Gasteiger partial charge >= 0.3 is 0 Å². The number of rotatable bonds is 4. The quantitative estimate of drug-likeness (QED) is 0.561. The van der Waals surface area contributed by atoms with E-state index in [9.17, 15) is 4.79 Å². The first-order chi connectivity index (χ1) is 13.0. The molecule has 1 N–H and O–H groups in total. The number of furan rings is 1. The van der Waals surface area contributed by atoms with Crippen molar-refractivity contribution in [1.82, 2.24) is 14.8 Å². The van der Waals surface area contributed by atoms with Crippen LogP contribution >= 0.6 is 11.6 Å². The topological polar surface area (TPSA) is 73.0 Å². The highest BCUT2D eigenvalue weighted by molar-refractivity contribution is 6.39. The van der Waals surface area contributed by atoms with Gasteiger partial charge in [-0.1, -0.05) is 29.3 Å². The van der Waals surface area contributed by atoms with Crippen LogP contribution in [-0.2, 0) is 6.54 Å². The van der Waals surface area contributed by atoms with Gasteiger partial charge in [-0.15, -0.1) is 0 Å². The van der Waals surface area contributed by atoms with E-state index < -0.39 is 0 Å². The Morgan fingerprint density at radius 3 is 2.70 bits per heavy atom. The second-order valence-corrected chi connectivity index (χ2v) is 6.76. The largest absolute Gasteiger partial charge is 0.472 e. The SMILES string of the molecule is Cc1ccc(NC(=O)c2cnc3c(c(C)nn3Cc3ccoc3)c2Cl)cc1. The molecule has 7 heteroatoms. The van der Waals surface area contributed by atoms with Crippen molar-refractivity contribution in [3.8, 4) is 0 Å². The molecular formula is C20H17ClN4O2. The van der Waals surface area contributed by atoms with Crippen LogP contribution in [0.2, 0.25) is 5.02 Å². The summed E-state index contributed by atoms with van der Waals surface area (Å²) >= 11 is 6.56. The number of benzene rings is 1. The highest BCUT2D eigenvalue weighted by Gasteiger charge is 2.19. The summed E-state index contributed by atoms with van der Waals surface area (Å²) in [6, 6.07) is 9.43. The second kappa shape index (κ2) is 6.89. The molecule has 0 saturated heterocycles. The molecule has 0 aliphatic heterocycles. The van der Waals surface area contributed by atoms with Gasteiger partial charge in [-0.05, 0) is 32.0 Å². The van der Waals surface area contributed by atoms with Crippen LogP contribution < -0.4 is 5.32 Å². The minimum absolute atomic E-state index is 0.305. The van der Waals surface area contributed by atoms with Crippen molar-refractivity contribution in [2.45, 2.75) is 20.4 Å². The van der Waals surface area contributed by atoms with Crippen LogP contribution in [0.4, 0.5) is 5.69 Å². The number of pyridine rings is 1. The molecule has 0 fully saturated rings. The van der Waals surface area contributed by atoms with E-state index in [-0.39, 0.29) is 5.91 Å². The molecule has 0 bridgehead atoms. The number of aromatic nitrogens is 3. The van der Waals surface area contributed by atoms with Crippen LogP contribution in [0.5, 0.6) is 0 Å². The molecule has 3 heterocycles. The van der Waals surface area contributed by atoms with Crippen LogP contribution in [-0.4, -0.2) is 20.7 Å². The van der Waals surface area contributed by atoms with Gasteiger partial charge in [0.25, 0.3) is 5.91 Å². The van der Waals surface area contributed by atoms with E-state index in [4.69, 9.17) is 16.0 Å². The van der Waals surface area contributed by atoms with Gasteiger partial charge in [0, 0.05) is 17.4 Å². The molecule has 0 spiro atoms. The molecule has 27 heavy (non-hydrogen) atoms. The Kier molecular flexibility index (Phi) is 4.41. The molecule has 0 unspecified atom stereocenters. The second-order valence-electron chi connectivity index (χ2n) is 6.38. The average Bonchev–Trinajstić information content (AvgIpc) is 3.26. The van der Waals surface area contributed by atoms with Gasteiger partial charge < -0.3 is 9.73 Å². The smallest absolute Gasteiger partial charge is 0.258 e. The van der Waals surface area contributed by atoms with Gasteiger partial charge in [-0.25, -0.2) is 9.67 Å². The van der Waals surface area contributed by atoms with Crippen LogP contribution in [0.1, 0.15) is 27.2 Å². The number of anilines is 1. The third-order valence-electron chi connectivity index (χ3n) is 4.34. The van der Waals surface area contributed by atoms with Crippen molar-refractivity contribution >= 4 is 34.2 Å². The molecule has 4 aromatic rings. The van der Waals surface area contributed by atoms with E-state index in [1.165, 1.54) is 6.20 Å². The van der Waals surface area contributed by atoms with Crippen LogP contribution in [0, 0.1) is 13.8 Å². The Labute approximate surface area is 160 Å². The van der Waals surface area contributed by atoms with E-state index in [0.29, 0.717) is 33.9 Å². The molecule has 4 rings (SSSR count). The van der Waals surface area contributed by atoms with E-state index >= 15 is 0 Å². The maximum Gasteiger partial charge on any atom is 0.258 e. The lowest BCUT2D eigenvalue weighted by molar-refractivity contribution is 0.102. The molecule has 1 aromatic carbocycles. The van der Waals surface area contributed by atoms with Crippen molar-refractivity contribution in [1.29, 1.82) is 0 Å². The van der Waals surface area contributed by atoms with Gasteiger partial charge in [0.2, 0.25) is 0 Å². The molecule has 0 aliphatic carbocycles. The number of carbonyl (C=O) groups excluding carboxylic acids is 1. The first-order valence-electron chi connectivity index (χ1n) is 8.43. The van der Waals surface area contributed by atoms with Gasteiger partial charge in [0.05, 0.1) is 40.7 Å². The predicted octanol–water partition coefficient (Wildman–Crippen LogP) is 4.60. The number of fused-ring (bicyclic) bond motifs is 1. The van der Waals surface area contributed by atoms with Gasteiger partial charge in [0.15, 0.2) is 5.65 Å². The van der Waals surface area contributed by atoms with Crippen molar-refractivity contribution in [3.63, 3.8) is 0 Å². The molecule has 6 nitrogen and oxygen atoms in total. The summed E-state index contributed by atoms with van der Waals surface area (Å²) in [7, 11) is 0. The summed E-state index contributed by atoms with van der Waals surface area (Å²) < 4.78 is 6.86. The summed E-state index contributed by atoms with van der Waals surface area (Å²) in [4.78, 5) is 17.1. The number of hydrogen-bond acceptors (Lipinski definition) is 4. The zero-order valence-electron chi connectivity index (χ0n) is 14.9. The van der Waals surface area contributed by atoms with E-state index in [0.717, 1.165) is 16.8 Å². The van der Waals surface area contributed by atoms with Crippen LogP contribution in [0.3, 0.4) is 0 Å². The van der Waals surface area contributed by atoms with Gasteiger partial charge in [0.1, 0.15) is 0 Å². The number of nitrogens with zero attached hydrogens (tertiary/aromatic N) is 3. The summed E-state index contributed by atoms with van der Waals surface area (Å²) in [6.07, 6.45) is 4.76. The minimum atomic E-state index is -0.305. The normalized spacial score (nSPS) is 11.1. The molecule has 136 valence electrons. The van der Waals surface area contributed by atoms with E-state index in [2.05, 4.69) is 15.4 Å². The molecule has 1 amide bonds. The Balaban J connectivity index is 1.68. The molecular weight excluding hydrogens is 364 g/mol. The van der Waals surface area contributed by atoms with Gasteiger partial charge in [-0.3, -0.25) is 4.79 Å². The highest BCUT2D eigenvalue weighted by atomic mass is 35.5. The summed E-state index contributed by atoms with van der Waals surface area (Å²) in [5, 5.41) is 8.39. The monoisotopic (exact) mass is 380 g/mol. The summed E-state index contributed by atoms with van der Waals surface area (Å²) in [5.41, 5.74) is 4.46. The van der Waals surface area contributed by atoms with Crippen molar-refractivity contribution < 1.29 is 9.21 Å². The maximum absolute atomic E-state index is 12.7. The average molecular weight is 381 g/mol. The third kappa shape index (κ3) is 3.31. The number of aryl methyl sites for hydroxylation is 2. The Morgan fingerprint density at radius 1 is 1.22 bits per heavy atom. The molecule has 3 aromatic heterocycles. The summed E-state index contributed by atoms with van der Waals surface area (Å²) in [6.45, 7) is 4.35. The number of carbonyl (C=O) groups is 1. The Bertz CT molecular complexity index is 1120. The number of amides is 1. The minimum Gasteiger partial charge on any atom is -0.472 e. The number of halogens is 1. The fourth-order valence-electron chi connectivity index (χ4n) is 2.93. The first-order valence-corrected chi connectivity index (χ1v) is 8.81. The third-order valence-corrected chi connectivity index (χ3v) is 4.73.